The number of fused-ring (bicyclic) bond motifs is 4. The second-order valence-electron chi connectivity index (χ2n) is 21.5. The maximum absolute atomic E-state index is 14.5. The summed E-state index contributed by atoms with van der Waals surface area (Å²) in [5, 5.41) is 21.2. The molecule has 44 heteroatoms. The molecule has 0 aromatic carbocycles. The maximum Gasteiger partial charge on any atom is 0.472 e. The number of aliphatic hydroxyl groups is 2. The lowest BCUT2D eigenvalue weighted by atomic mass is 9.89. The number of ether oxygens (including phenoxy) is 6. The third-order valence-corrected chi connectivity index (χ3v) is 21.2. The average molecular weight is 1400 g/mol. The molecule has 12 N–H and O–H groups in total. The number of aromatic nitrogens is 12. The lowest BCUT2D eigenvalue weighted by Crippen LogP contribution is -2.51. The topological polar surface area (TPSA) is 536 Å². The van der Waals surface area contributed by atoms with Crippen LogP contribution < -0.4 is 17.2 Å². The van der Waals surface area contributed by atoms with Gasteiger partial charge in [0.1, 0.15) is 96.6 Å². The zero-order valence-corrected chi connectivity index (χ0v) is 53.8. The highest BCUT2D eigenvalue weighted by atomic mass is 32.7. The molecular formula is C48H71N15O24P4S. The van der Waals surface area contributed by atoms with E-state index >= 15 is 0 Å². The molecule has 0 aliphatic carbocycles. The van der Waals surface area contributed by atoms with Crippen molar-refractivity contribution in [3.63, 3.8) is 0 Å². The van der Waals surface area contributed by atoms with Gasteiger partial charge in [-0.25, -0.2) is 63.1 Å². The van der Waals surface area contributed by atoms with E-state index in [1.165, 1.54) is 33.5 Å². The number of phosphoric ester groups is 3. The van der Waals surface area contributed by atoms with E-state index in [1.54, 1.807) is 0 Å². The molecule has 4 aliphatic heterocycles. The first-order chi connectivity index (χ1) is 44.0. The Morgan fingerprint density at radius 3 is 1.78 bits per heavy atom. The van der Waals surface area contributed by atoms with Gasteiger partial charge in [-0.2, -0.15) is 0 Å². The number of phosphoric acid groups is 3. The number of hydrogen-bond donors (Lipinski definition) is 9. The number of carbonyl (C=O) groups excluding carboxylic acids is 1. The molecule has 508 valence electrons. The molecule has 6 aromatic heterocycles. The zero-order chi connectivity index (χ0) is 65.6. The molecule has 0 radical (unpaired) electrons. The van der Waals surface area contributed by atoms with Gasteiger partial charge in [0.25, 0.3) is 0 Å². The third kappa shape index (κ3) is 16.1. The summed E-state index contributed by atoms with van der Waals surface area (Å²) < 4.78 is 134. The van der Waals surface area contributed by atoms with Crippen molar-refractivity contribution in [2.45, 2.75) is 144 Å². The fraction of sp³-hybridized carbons (Fsp3) is 0.667. The van der Waals surface area contributed by atoms with Crippen LogP contribution in [0.15, 0.2) is 38.0 Å². The highest BCUT2D eigenvalue weighted by molar-refractivity contribution is 8.54. The van der Waals surface area contributed by atoms with E-state index in [2.05, 4.69) is 51.8 Å². The minimum atomic E-state index is -5.52. The van der Waals surface area contributed by atoms with Gasteiger partial charge in [-0.15, -0.1) is 0 Å². The average Bonchev–Trinajstić information content (AvgIpc) is 1.59. The number of nitrogens with two attached hydrogens (primary N) is 3. The van der Waals surface area contributed by atoms with Crippen LogP contribution in [0.4, 0.5) is 17.5 Å². The van der Waals surface area contributed by atoms with Crippen LogP contribution in [-0.4, -0.2) is 208 Å². The number of aliphatic hydroxyl groups excluding tert-OH is 2. The number of methoxy groups -OCH3 is 1. The van der Waals surface area contributed by atoms with Gasteiger partial charge >= 0.3 is 36.2 Å². The number of anilines is 3. The molecule has 0 saturated carbocycles. The second kappa shape index (κ2) is 30.0. The largest absolute Gasteiger partial charge is 0.472 e. The Hall–Kier alpha value is -4.93. The number of carbonyl (C=O) groups is 1. The molecule has 39 nitrogen and oxygen atoms in total. The molecule has 92 heavy (non-hydrogen) atoms. The zero-order valence-electron chi connectivity index (χ0n) is 49.4. The number of nitrogen functional groups attached to an aromatic ring is 3. The number of rotatable bonds is 34. The molecule has 0 bridgehead atoms. The predicted molar refractivity (Wildman–Crippen MR) is 316 cm³/mol. The summed E-state index contributed by atoms with van der Waals surface area (Å²) >= 11 is 0.487. The summed E-state index contributed by atoms with van der Waals surface area (Å²) in [6.07, 6.45) is -3.22. The van der Waals surface area contributed by atoms with E-state index in [1.807, 2.05) is 0 Å². The second-order valence-corrected chi connectivity index (χ2v) is 29.7. The minimum Gasteiger partial charge on any atom is -0.465 e. The van der Waals surface area contributed by atoms with Crippen molar-refractivity contribution in [1.82, 2.24) is 58.6 Å². The Morgan fingerprint density at radius 2 is 1.18 bits per heavy atom. The first kappa shape index (κ1) is 69.9. The number of nitrogens with zero attached hydrogens (tertiary/aromatic N) is 12. The lowest BCUT2D eigenvalue weighted by molar-refractivity contribution is -0.165. The van der Waals surface area contributed by atoms with Crippen LogP contribution >= 0.6 is 41.6 Å². The van der Waals surface area contributed by atoms with Crippen molar-refractivity contribution in [1.29, 1.82) is 0 Å². The van der Waals surface area contributed by atoms with Crippen LogP contribution in [-0.2, 0) is 83.1 Å². The smallest absolute Gasteiger partial charge is 0.465 e. The van der Waals surface area contributed by atoms with Crippen molar-refractivity contribution < 1.29 is 113 Å². The molecule has 10 unspecified atom stereocenters. The Morgan fingerprint density at radius 1 is 0.652 bits per heavy atom. The molecule has 10 heterocycles. The van der Waals surface area contributed by atoms with Crippen molar-refractivity contribution in [2.75, 3.05) is 76.3 Å². The predicted octanol–water partition coefficient (Wildman–Crippen LogP) is 2.90. The Bertz CT molecular complexity index is 3710. The summed E-state index contributed by atoms with van der Waals surface area (Å²) in [4.78, 5) is 94.8. The Kier molecular flexibility index (Phi) is 22.8. The number of esters is 1. The van der Waals surface area contributed by atoms with Gasteiger partial charge in [-0.1, -0.05) is 45.4 Å². The van der Waals surface area contributed by atoms with Crippen molar-refractivity contribution in [3.05, 3.63) is 38.0 Å². The molecule has 10 rings (SSSR count). The fourth-order valence-electron chi connectivity index (χ4n) is 11.1. The van der Waals surface area contributed by atoms with E-state index in [-0.39, 0.29) is 89.2 Å². The van der Waals surface area contributed by atoms with Gasteiger partial charge in [0.2, 0.25) is 0 Å². The SMILES string of the molecule is CCCCCCCCCC(=O)OCCSP(=O)(O)OC1C2OCCC[C@]2(COP(=O)(O)OC2C(O)[C@@H](COP(=O)(O)OC3C(OC)[C@@H](COP(=O)(O)OCCO)O[C@H]3n3cnc4c(N)ncnc43)O[C@H]2n2cnc3c(N)ncnc32)O[C@H]1n1cnc2c(N)ncnc21. The van der Waals surface area contributed by atoms with Crippen molar-refractivity contribution >= 4 is 98.6 Å². The van der Waals surface area contributed by atoms with Gasteiger partial charge in [0.15, 0.2) is 53.1 Å². The van der Waals surface area contributed by atoms with Gasteiger partial charge < -0.3 is 75.4 Å². The van der Waals surface area contributed by atoms with Crippen LogP contribution in [0, 0.1) is 0 Å². The fourth-order valence-corrected chi connectivity index (χ4v) is 16.1. The van der Waals surface area contributed by atoms with Crippen LogP contribution in [0.5, 0.6) is 0 Å². The van der Waals surface area contributed by atoms with Crippen LogP contribution in [0.2, 0.25) is 0 Å². The molecule has 0 spiro atoms. The molecular weight excluding hydrogens is 1330 g/mol. The maximum atomic E-state index is 14.5. The Labute approximate surface area is 526 Å². The molecule has 4 fully saturated rings. The van der Waals surface area contributed by atoms with Crippen LogP contribution in [0.3, 0.4) is 0 Å². The number of imidazole rings is 3. The van der Waals surface area contributed by atoms with Crippen LogP contribution in [0.25, 0.3) is 33.5 Å². The standard InChI is InChI=1S/C48H71N15O24P4S/c1-3-4-5-6-7-8-9-11-29(65)76-16-17-92-91(73,74)87-37-38-48(12-10-14-77-38,84-47(37)63-26-60-32-41(51)54-23-57-44(32)63)20-81-90(71,72)85-35-33(66)27(82-45(35)61-24-58-30-39(49)52-21-55-42(30)61)18-80-89(69,70)86-36-34(75-2)28(19-79-88(67,68)78-15-13-64)83-46(36)62-25-59-31-40(50)53-22-56-43(31)62/h21-28,33-38,45-47,64,66H,3-20H2,1-2H3,(H,67,68)(H,69,70)(H,71,72)(H,73,74)(H2,49,52,55)(H2,50,53,56)(H2,51,54,57)/t27-,28-,33?,34?,35?,36?,37?,38?,45-,46-,47-,48-/m1/s1. The van der Waals surface area contributed by atoms with E-state index in [9.17, 15) is 47.7 Å². The van der Waals surface area contributed by atoms with Crippen molar-refractivity contribution in [2.24, 2.45) is 0 Å². The van der Waals surface area contributed by atoms with Gasteiger partial charge in [0.05, 0.1) is 52.0 Å². The number of hydrogen-bond acceptors (Lipinski definition) is 33. The lowest BCUT2D eigenvalue weighted by Gasteiger charge is -2.38. The Balaban J connectivity index is 0.857. The molecule has 4 saturated heterocycles. The van der Waals surface area contributed by atoms with E-state index in [4.69, 9.17) is 82.4 Å². The summed E-state index contributed by atoms with van der Waals surface area (Å²) in [7, 11) is -14.6. The quantitative estimate of drug-likeness (QED) is 0.0159. The van der Waals surface area contributed by atoms with Crippen molar-refractivity contribution in [3.8, 4) is 0 Å². The molecule has 0 amide bonds. The number of unbranched alkanes of at least 4 members (excludes halogenated alkanes) is 6. The molecule has 6 aromatic rings. The first-order valence-electron chi connectivity index (χ1n) is 28.9. The highest BCUT2D eigenvalue weighted by Gasteiger charge is 2.62. The van der Waals surface area contributed by atoms with E-state index in [0.717, 1.165) is 63.8 Å². The summed E-state index contributed by atoms with van der Waals surface area (Å²) in [6.45, 7) is -6.54. The van der Waals surface area contributed by atoms with E-state index in [0.29, 0.717) is 17.8 Å². The van der Waals surface area contributed by atoms with Gasteiger partial charge in [-0.05, 0) is 30.6 Å². The van der Waals surface area contributed by atoms with Gasteiger partial charge in [-0.3, -0.25) is 50.2 Å². The normalized spacial score (nSPS) is 28.5. The van der Waals surface area contributed by atoms with Gasteiger partial charge in [0, 0.05) is 25.9 Å². The summed E-state index contributed by atoms with van der Waals surface area (Å²) in [5.41, 5.74) is 16.8. The summed E-state index contributed by atoms with van der Waals surface area (Å²) in [5.74, 6) is -0.752. The monoisotopic (exact) mass is 1400 g/mol. The van der Waals surface area contributed by atoms with Crippen LogP contribution in [0.1, 0.15) is 89.8 Å². The van der Waals surface area contributed by atoms with E-state index < -0.39 is 142 Å². The highest BCUT2D eigenvalue weighted by Crippen LogP contribution is 2.61. The molecule has 4 aliphatic rings. The molecule has 16 atom stereocenters. The summed E-state index contributed by atoms with van der Waals surface area (Å²) in [6, 6.07) is 0. The first-order valence-corrected chi connectivity index (χ1v) is 36.6. The minimum absolute atomic E-state index is 0.0121. The third-order valence-electron chi connectivity index (χ3n) is 15.3.